The summed E-state index contributed by atoms with van der Waals surface area (Å²) in [6, 6.07) is 34.9. The standard InChI is InChI=1S/C40H34N3O9S3.2Na/c1-41(34-9-8-10-35(27-34)53(44,45)46)31-21-15-28(16-22-31)40(29-17-23-32(24-18-29)42(2)36-11-4-6-13-38(36)54(47,48)49)30-19-25-33(26-20-30)43(3)37-12-5-7-14-39(37)55(50,51)52;;/h4-12,15-27H,1-3H3,(H,44,45,46)(H,47,48,49)(H,50,51,52);;/q-1;2*+1/p-1. The minimum absolute atomic E-state index is 0. The van der Waals surface area contributed by atoms with E-state index in [9.17, 15) is 38.9 Å². The first-order chi connectivity index (χ1) is 25.9. The van der Waals surface area contributed by atoms with Gasteiger partial charge in [0.05, 0.1) is 9.79 Å². The molecular weight excluding hydrogens is 809 g/mol. The first kappa shape index (κ1) is 46.0. The van der Waals surface area contributed by atoms with Crippen LogP contribution in [0.25, 0.3) is 5.57 Å². The van der Waals surface area contributed by atoms with Gasteiger partial charge >= 0.3 is 59.1 Å². The third-order valence-corrected chi connectivity index (χ3v) is 11.5. The number of hydrogen-bond acceptors (Lipinski definition) is 9. The van der Waals surface area contributed by atoms with Gasteiger partial charge in [-0.1, -0.05) is 30.3 Å². The maximum atomic E-state index is 12.1. The van der Waals surface area contributed by atoms with Crippen LogP contribution in [0.2, 0.25) is 0 Å². The summed E-state index contributed by atoms with van der Waals surface area (Å²) < 4.78 is 104. The number of nitrogens with zero attached hydrogens (tertiary/aromatic N) is 3. The van der Waals surface area contributed by atoms with Crippen LogP contribution in [0.3, 0.4) is 0 Å². The van der Waals surface area contributed by atoms with Gasteiger partial charge < -0.3 is 14.4 Å². The van der Waals surface area contributed by atoms with Crippen LogP contribution in [-0.2, 0) is 30.4 Å². The summed E-state index contributed by atoms with van der Waals surface area (Å²) >= 11 is 0. The Hall–Kier alpha value is -3.68. The number of anilines is 4. The molecule has 6 rings (SSSR count). The van der Waals surface area contributed by atoms with Crippen molar-refractivity contribution >= 4 is 70.1 Å². The molecule has 0 heterocycles. The van der Waals surface area contributed by atoms with Gasteiger partial charge in [0.25, 0.3) is 20.2 Å². The summed E-state index contributed by atoms with van der Waals surface area (Å²) in [6.07, 6.45) is 7.35. The maximum Gasteiger partial charge on any atom is 1.00 e. The van der Waals surface area contributed by atoms with Crippen molar-refractivity contribution in [3.63, 3.8) is 0 Å². The van der Waals surface area contributed by atoms with E-state index in [1.165, 1.54) is 30.3 Å². The van der Waals surface area contributed by atoms with Gasteiger partial charge in [0, 0.05) is 41.2 Å². The molecule has 5 aromatic carbocycles. The predicted molar refractivity (Wildman–Crippen MR) is 209 cm³/mol. The van der Waals surface area contributed by atoms with Crippen LogP contribution in [0.4, 0.5) is 28.4 Å². The van der Waals surface area contributed by atoms with E-state index in [1.807, 2.05) is 48.6 Å². The first-order valence-corrected chi connectivity index (χ1v) is 20.6. The molecule has 0 fully saturated rings. The topological polar surface area (TPSA) is 175 Å². The summed E-state index contributed by atoms with van der Waals surface area (Å²) in [5.41, 5.74) is 6.08. The number of hydrogen-bond donors (Lipinski definition) is 2. The van der Waals surface area contributed by atoms with Crippen LogP contribution >= 0.6 is 0 Å². The fraction of sp³-hybridized carbons (Fsp3) is 0.0750. The number of benzene rings is 5. The molecule has 0 amide bonds. The molecule has 2 N–H and O–H groups in total. The molecule has 1 aliphatic rings. The molecule has 0 radical (unpaired) electrons. The van der Waals surface area contributed by atoms with Crippen molar-refractivity contribution < 1.29 is 103 Å². The summed E-state index contributed by atoms with van der Waals surface area (Å²) in [5.74, 6) is 0. The van der Waals surface area contributed by atoms with Crippen LogP contribution in [0.15, 0.2) is 154 Å². The fourth-order valence-corrected chi connectivity index (χ4v) is 7.98. The number of rotatable bonds is 10. The molecule has 0 saturated carbocycles. The van der Waals surface area contributed by atoms with E-state index < -0.39 is 30.4 Å². The quantitative estimate of drug-likeness (QED) is 0.0871. The van der Waals surface area contributed by atoms with E-state index in [0.29, 0.717) is 22.8 Å². The molecule has 17 heteroatoms. The van der Waals surface area contributed by atoms with Crippen LogP contribution < -0.4 is 68.9 Å². The average Bonchev–Trinajstić information content (AvgIpc) is 3.17. The Labute approximate surface area is 377 Å². The summed E-state index contributed by atoms with van der Waals surface area (Å²) in [6.45, 7) is 0. The molecule has 282 valence electrons. The SMILES string of the molecule is CN(c1ccc(C(=C2C=CC(=[N+](C)c3ccc[c-]c3S(=O)(=O)O)C=C2)c2ccc(N(C)c3ccc[c-]c3S(=O)(=O)O)cc2)cc1)c1cccc(S(=O)(=O)[O-])c1.[Na+].[Na+]. The zero-order chi connectivity index (χ0) is 39.7. The third-order valence-electron chi connectivity index (χ3n) is 8.96. The number of allylic oxidation sites excluding steroid dienone is 5. The normalized spacial score (nSPS) is 12.7. The van der Waals surface area contributed by atoms with Crippen molar-refractivity contribution in [2.24, 2.45) is 0 Å². The first-order valence-electron chi connectivity index (χ1n) is 16.4. The third kappa shape index (κ3) is 10.5. The molecule has 0 saturated heterocycles. The van der Waals surface area contributed by atoms with Crippen molar-refractivity contribution in [1.82, 2.24) is 0 Å². The van der Waals surface area contributed by atoms with Crippen LogP contribution in [-0.4, -0.2) is 70.3 Å². The van der Waals surface area contributed by atoms with Gasteiger partial charge in [0.15, 0.2) is 5.71 Å². The second-order valence-corrected chi connectivity index (χ2v) is 16.5. The second kappa shape index (κ2) is 18.5. The molecule has 12 nitrogen and oxygen atoms in total. The van der Waals surface area contributed by atoms with Gasteiger partial charge in [0.2, 0.25) is 0 Å². The second-order valence-electron chi connectivity index (χ2n) is 12.4. The van der Waals surface area contributed by atoms with Gasteiger partial charge in [-0.15, -0.1) is 12.1 Å². The van der Waals surface area contributed by atoms with Gasteiger partial charge in [-0.25, -0.2) is 13.0 Å². The van der Waals surface area contributed by atoms with E-state index in [1.54, 1.807) is 90.1 Å². The van der Waals surface area contributed by atoms with E-state index in [4.69, 9.17) is 0 Å². The minimum Gasteiger partial charge on any atom is -0.744 e. The van der Waals surface area contributed by atoms with E-state index >= 15 is 0 Å². The zero-order valence-electron chi connectivity index (χ0n) is 31.5. The fourth-order valence-electron chi connectivity index (χ4n) is 6.10. The Morgan fingerprint density at radius 1 is 0.632 bits per heavy atom. The summed E-state index contributed by atoms with van der Waals surface area (Å²) in [5, 5.41) is 0. The maximum absolute atomic E-state index is 12.1. The van der Waals surface area contributed by atoms with Gasteiger partial charge in [-0.2, -0.15) is 53.2 Å². The Bertz CT molecular complexity index is 2750. The van der Waals surface area contributed by atoms with Crippen LogP contribution in [0.1, 0.15) is 11.1 Å². The van der Waals surface area contributed by atoms with E-state index in [0.717, 1.165) is 22.3 Å². The van der Waals surface area contributed by atoms with Gasteiger partial charge in [-0.05, 0) is 89.6 Å². The largest absolute Gasteiger partial charge is 1.00 e. The van der Waals surface area contributed by atoms with E-state index in [-0.39, 0.29) is 85.2 Å². The van der Waals surface area contributed by atoms with Crippen molar-refractivity contribution in [2.75, 3.05) is 30.9 Å². The summed E-state index contributed by atoms with van der Waals surface area (Å²) in [4.78, 5) is 2.31. The smallest absolute Gasteiger partial charge is 0.744 e. The molecule has 0 aromatic heterocycles. The minimum atomic E-state index is -4.65. The average molecular weight is 842 g/mol. The Morgan fingerprint density at radius 3 is 1.67 bits per heavy atom. The molecule has 0 bridgehead atoms. The molecular formula is C40H33N3Na2O9S3. The van der Waals surface area contributed by atoms with E-state index in [2.05, 4.69) is 12.1 Å². The molecule has 0 spiro atoms. The van der Waals surface area contributed by atoms with Gasteiger partial charge in [-0.3, -0.25) is 9.11 Å². The Morgan fingerprint density at radius 2 is 1.14 bits per heavy atom. The predicted octanol–water partition coefficient (Wildman–Crippen LogP) is 0.571. The van der Waals surface area contributed by atoms with Crippen LogP contribution in [0, 0.1) is 12.1 Å². The molecule has 57 heavy (non-hydrogen) atoms. The Balaban J connectivity index is 0.00000360. The molecule has 0 unspecified atom stereocenters. The summed E-state index contributed by atoms with van der Waals surface area (Å²) in [7, 11) is -8.66. The van der Waals surface area contributed by atoms with Gasteiger partial charge in [0.1, 0.15) is 22.9 Å². The zero-order valence-corrected chi connectivity index (χ0v) is 38.0. The van der Waals surface area contributed by atoms with Crippen molar-refractivity contribution in [2.45, 2.75) is 14.7 Å². The van der Waals surface area contributed by atoms with Crippen molar-refractivity contribution in [3.8, 4) is 0 Å². The monoisotopic (exact) mass is 841 g/mol. The molecule has 0 atom stereocenters. The molecule has 5 aromatic rings. The Kier molecular flexibility index (Phi) is 14.9. The van der Waals surface area contributed by atoms with Crippen molar-refractivity contribution in [1.29, 1.82) is 0 Å². The van der Waals surface area contributed by atoms with Crippen molar-refractivity contribution in [3.05, 3.63) is 162 Å². The molecule has 1 aliphatic carbocycles. The van der Waals surface area contributed by atoms with Crippen LogP contribution in [0.5, 0.6) is 0 Å². The molecule has 0 aliphatic heterocycles.